The Morgan fingerprint density at radius 1 is 1.55 bits per heavy atom. The van der Waals surface area contributed by atoms with Crippen LogP contribution in [0.25, 0.3) is 0 Å². The molecule has 1 saturated heterocycles. The third kappa shape index (κ3) is 3.60. The maximum Gasteiger partial charge on any atom is 0.239 e. The van der Waals surface area contributed by atoms with Gasteiger partial charge in [-0.25, -0.2) is 0 Å². The summed E-state index contributed by atoms with van der Waals surface area (Å²) < 4.78 is 5.73. The molecular weight excluding hydrogens is 276 g/mol. The van der Waals surface area contributed by atoms with Crippen LogP contribution < -0.4 is 5.73 Å². The van der Waals surface area contributed by atoms with Gasteiger partial charge in [0, 0.05) is 11.6 Å². The first-order chi connectivity index (χ1) is 9.61. The minimum atomic E-state index is -0.517. The average molecular weight is 295 g/mol. The summed E-state index contributed by atoms with van der Waals surface area (Å²) in [6, 6.07) is 6.97. The molecule has 0 bridgehead atoms. The van der Waals surface area contributed by atoms with Crippen molar-refractivity contribution in [3.8, 4) is 0 Å². The molecule has 0 spiro atoms. The predicted molar refractivity (Wildman–Crippen MR) is 79.5 cm³/mol. The van der Waals surface area contributed by atoms with Crippen LogP contribution in [0.15, 0.2) is 36.9 Å². The van der Waals surface area contributed by atoms with Gasteiger partial charge >= 0.3 is 0 Å². The summed E-state index contributed by atoms with van der Waals surface area (Å²) >= 11 is 5.87. The number of carbonyl (C=O) groups excluding carboxylic acids is 1. The van der Waals surface area contributed by atoms with E-state index in [0.717, 1.165) is 5.56 Å². The number of hydrogen-bond donors (Lipinski definition) is 1. The monoisotopic (exact) mass is 294 g/mol. The molecule has 1 amide bonds. The van der Waals surface area contributed by atoms with Crippen molar-refractivity contribution in [2.45, 2.75) is 18.6 Å². The van der Waals surface area contributed by atoms with Crippen LogP contribution in [0.4, 0.5) is 0 Å². The van der Waals surface area contributed by atoms with Crippen molar-refractivity contribution in [1.82, 2.24) is 4.90 Å². The summed E-state index contributed by atoms with van der Waals surface area (Å²) in [5, 5.41) is 0.686. The summed E-state index contributed by atoms with van der Waals surface area (Å²) in [7, 11) is 0. The lowest BCUT2D eigenvalue weighted by molar-refractivity contribution is -0.140. The second-order valence-electron chi connectivity index (χ2n) is 4.83. The van der Waals surface area contributed by atoms with Gasteiger partial charge in [-0.1, -0.05) is 29.8 Å². The smallest absolute Gasteiger partial charge is 0.239 e. The first-order valence-electron chi connectivity index (χ1n) is 6.64. The van der Waals surface area contributed by atoms with Gasteiger partial charge in [0.25, 0.3) is 0 Å². The molecule has 1 fully saturated rings. The van der Waals surface area contributed by atoms with Crippen molar-refractivity contribution in [1.29, 1.82) is 0 Å². The van der Waals surface area contributed by atoms with Crippen LogP contribution in [-0.2, 0) is 9.53 Å². The van der Waals surface area contributed by atoms with Crippen molar-refractivity contribution in [3.05, 3.63) is 47.5 Å². The van der Waals surface area contributed by atoms with Crippen LogP contribution in [0.3, 0.4) is 0 Å². The third-order valence-electron chi connectivity index (χ3n) is 3.36. The quantitative estimate of drug-likeness (QED) is 0.866. The molecule has 1 heterocycles. The zero-order valence-electron chi connectivity index (χ0n) is 11.3. The maximum atomic E-state index is 12.2. The fraction of sp³-hybridized carbons (Fsp3) is 0.400. The standard InChI is InChI=1S/C15H19ClN2O2/c1-2-3-13(17)15(19)18-8-9-20-14(10-18)11-4-6-12(16)7-5-11/h2,4-7,13-14H,1,3,8-10,17H2. The van der Waals surface area contributed by atoms with E-state index in [0.29, 0.717) is 31.1 Å². The Labute approximate surface area is 124 Å². The molecule has 0 aromatic heterocycles. The zero-order chi connectivity index (χ0) is 14.5. The molecule has 0 saturated carbocycles. The number of morpholine rings is 1. The van der Waals surface area contributed by atoms with Gasteiger partial charge in [-0.15, -0.1) is 6.58 Å². The highest BCUT2D eigenvalue weighted by Gasteiger charge is 2.27. The summed E-state index contributed by atoms with van der Waals surface area (Å²) in [4.78, 5) is 14.0. The van der Waals surface area contributed by atoms with E-state index in [1.807, 2.05) is 24.3 Å². The molecule has 2 rings (SSSR count). The number of hydrogen-bond acceptors (Lipinski definition) is 3. The lowest BCUT2D eigenvalue weighted by Crippen LogP contribution is -2.49. The maximum absolute atomic E-state index is 12.2. The predicted octanol–water partition coefficient (Wildman–Crippen LogP) is 2.14. The molecule has 1 aromatic rings. The fourth-order valence-electron chi connectivity index (χ4n) is 2.24. The van der Waals surface area contributed by atoms with Gasteiger partial charge in [-0.05, 0) is 24.1 Å². The fourth-order valence-corrected chi connectivity index (χ4v) is 2.37. The Kier molecular flexibility index (Phi) is 5.17. The van der Waals surface area contributed by atoms with Crippen molar-refractivity contribution < 1.29 is 9.53 Å². The summed E-state index contributed by atoms with van der Waals surface area (Å²) in [5.74, 6) is -0.0489. The Morgan fingerprint density at radius 3 is 2.90 bits per heavy atom. The summed E-state index contributed by atoms with van der Waals surface area (Å²) in [6.45, 7) is 5.22. The SMILES string of the molecule is C=CCC(N)C(=O)N1CCOC(c2ccc(Cl)cc2)C1. The number of carbonyl (C=O) groups is 1. The van der Waals surface area contributed by atoms with E-state index < -0.39 is 6.04 Å². The Hall–Kier alpha value is -1.36. The third-order valence-corrected chi connectivity index (χ3v) is 3.61. The number of ether oxygens (including phenoxy) is 1. The van der Waals surface area contributed by atoms with Crippen molar-refractivity contribution >= 4 is 17.5 Å². The van der Waals surface area contributed by atoms with E-state index in [1.165, 1.54) is 0 Å². The van der Waals surface area contributed by atoms with E-state index in [9.17, 15) is 4.79 Å². The Balaban J connectivity index is 2.03. The zero-order valence-corrected chi connectivity index (χ0v) is 12.1. The van der Waals surface area contributed by atoms with E-state index >= 15 is 0 Å². The molecule has 0 aliphatic carbocycles. The van der Waals surface area contributed by atoms with Crippen molar-refractivity contribution in [2.75, 3.05) is 19.7 Å². The van der Waals surface area contributed by atoms with Crippen LogP contribution in [0, 0.1) is 0 Å². The normalized spacial score (nSPS) is 20.5. The van der Waals surface area contributed by atoms with Gasteiger partial charge < -0.3 is 15.4 Å². The highest BCUT2D eigenvalue weighted by Crippen LogP contribution is 2.24. The Bertz CT molecular complexity index is 475. The molecule has 0 radical (unpaired) electrons. The minimum absolute atomic E-state index is 0.0489. The van der Waals surface area contributed by atoms with E-state index in [4.69, 9.17) is 22.1 Å². The first kappa shape index (κ1) is 15.0. The second-order valence-corrected chi connectivity index (χ2v) is 5.26. The van der Waals surface area contributed by atoms with Gasteiger partial charge in [-0.3, -0.25) is 4.79 Å². The lowest BCUT2D eigenvalue weighted by Gasteiger charge is -2.34. The van der Waals surface area contributed by atoms with Crippen LogP contribution in [-0.4, -0.2) is 36.5 Å². The van der Waals surface area contributed by atoms with Gasteiger partial charge in [-0.2, -0.15) is 0 Å². The molecule has 2 N–H and O–H groups in total. The van der Waals surface area contributed by atoms with Crippen LogP contribution in [0.5, 0.6) is 0 Å². The van der Waals surface area contributed by atoms with E-state index in [2.05, 4.69) is 6.58 Å². The number of nitrogens with two attached hydrogens (primary N) is 1. The highest BCUT2D eigenvalue weighted by molar-refractivity contribution is 6.30. The Morgan fingerprint density at radius 2 is 2.25 bits per heavy atom. The van der Waals surface area contributed by atoms with E-state index in [1.54, 1.807) is 11.0 Å². The highest BCUT2D eigenvalue weighted by atomic mass is 35.5. The van der Waals surface area contributed by atoms with Gasteiger partial charge in [0.15, 0.2) is 0 Å². The topological polar surface area (TPSA) is 55.6 Å². The van der Waals surface area contributed by atoms with Crippen molar-refractivity contribution in [3.63, 3.8) is 0 Å². The number of halogens is 1. The second kappa shape index (κ2) is 6.88. The number of amides is 1. The van der Waals surface area contributed by atoms with Crippen LogP contribution >= 0.6 is 11.6 Å². The molecule has 20 heavy (non-hydrogen) atoms. The molecule has 4 nitrogen and oxygen atoms in total. The van der Waals surface area contributed by atoms with E-state index in [-0.39, 0.29) is 12.0 Å². The molecular formula is C15H19ClN2O2. The van der Waals surface area contributed by atoms with Crippen molar-refractivity contribution in [2.24, 2.45) is 5.73 Å². The van der Waals surface area contributed by atoms with Gasteiger partial charge in [0.2, 0.25) is 5.91 Å². The lowest BCUT2D eigenvalue weighted by atomic mass is 10.1. The van der Waals surface area contributed by atoms with Crippen LogP contribution in [0.2, 0.25) is 5.02 Å². The minimum Gasteiger partial charge on any atom is -0.370 e. The molecule has 2 unspecified atom stereocenters. The number of rotatable bonds is 4. The summed E-state index contributed by atoms with van der Waals surface area (Å²) in [5.41, 5.74) is 6.86. The molecule has 1 aliphatic heterocycles. The molecule has 2 atom stereocenters. The molecule has 1 aromatic carbocycles. The number of nitrogens with zero attached hydrogens (tertiary/aromatic N) is 1. The summed E-state index contributed by atoms with van der Waals surface area (Å²) in [6.07, 6.45) is 2.03. The van der Waals surface area contributed by atoms with Gasteiger partial charge in [0.1, 0.15) is 6.10 Å². The molecule has 1 aliphatic rings. The molecule has 5 heteroatoms. The molecule has 108 valence electrons. The van der Waals surface area contributed by atoms with Gasteiger partial charge in [0.05, 0.1) is 19.2 Å². The first-order valence-corrected chi connectivity index (χ1v) is 7.02. The van der Waals surface area contributed by atoms with Crippen LogP contribution in [0.1, 0.15) is 18.1 Å². The number of benzene rings is 1. The largest absolute Gasteiger partial charge is 0.370 e. The average Bonchev–Trinajstić information content (AvgIpc) is 2.47.